The highest BCUT2D eigenvalue weighted by Gasteiger charge is 2.32. The molecular formula is C16H23NO. The summed E-state index contributed by atoms with van der Waals surface area (Å²) in [5.74, 6) is 0.626. The summed E-state index contributed by atoms with van der Waals surface area (Å²) in [6.07, 6.45) is 0.957. The first kappa shape index (κ1) is 14.7. The van der Waals surface area contributed by atoms with Crippen molar-refractivity contribution in [1.82, 2.24) is 0 Å². The molecule has 0 heterocycles. The Bertz CT molecular complexity index is 416. The first-order valence-electron chi connectivity index (χ1n) is 6.61. The Morgan fingerprint density at radius 3 is 2.22 bits per heavy atom. The molecule has 0 saturated carbocycles. The fraction of sp³-hybridized carbons (Fsp3) is 0.562. The lowest BCUT2D eigenvalue weighted by Gasteiger charge is -2.26. The van der Waals surface area contributed by atoms with Gasteiger partial charge in [-0.05, 0) is 36.8 Å². The number of hydrogen-bond donors (Lipinski definition) is 1. The molecule has 1 N–H and O–H groups in total. The maximum Gasteiger partial charge on any atom is 0.0973 e. The third-order valence-corrected chi connectivity index (χ3v) is 3.53. The zero-order chi connectivity index (χ0) is 13.8. The minimum absolute atomic E-state index is 0.626. The molecule has 1 aromatic rings. The van der Waals surface area contributed by atoms with Gasteiger partial charge in [0.15, 0.2) is 0 Å². The second-order valence-corrected chi connectivity index (χ2v) is 5.62. The van der Waals surface area contributed by atoms with Crippen LogP contribution < -0.4 is 0 Å². The molecule has 0 amide bonds. The van der Waals surface area contributed by atoms with Gasteiger partial charge >= 0.3 is 0 Å². The molecule has 0 radical (unpaired) electrons. The molecule has 0 spiro atoms. The lowest BCUT2D eigenvalue weighted by molar-refractivity contribution is 0.0722. The molecule has 0 fully saturated rings. The van der Waals surface area contributed by atoms with E-state index in [2.05, 4.69) is 19.9 Å². The van der Waals surface area contributed by atoms with Crippen LogP contribution in [0.3, 0.4) is 0 Å². The van der Waals surface area contributed by atoms with Crippen LogP contribution >= 0.6 is 0 Å². The molecule has 2 nitrogen and oxygen atoms in total. The normalized spacial score (nSPS) is 16.1. The van der Waals surface area contributed by atoms with Crippen molar-refractivity contribution in [3.05, 3.63) is 35.4 Å². The largest absolute Gasteiger partial charge is 0.387 e. The van der Waals surface area contributed by atoms with E-state index in [0.29, 0.717) is 12.3 Å². The second-order valence-electron chi connectivity index (χ2n) is 5.62. The zero-order valence-electron chi connectivity index (χ0n) is 11.8. The van der Waals surface area contributed by atoms with Gasteiger partial charge in [-0.3, -0.25) is 0 Å². The van der Waals surface area contributed by atoms with Crippen LogP contribution in [0.5, 0.6) is 0 Å². The molecule has 0 bridgehead atoms. The Morgan fingerprint density at radius 1 is 1.28 bits per heavy atom. The molecule has 0 aromatic heterocycles. The maximum atomic E-state index is 10.3. The first-order valence-corrected chi connectivity index (χ1v) is 6.61. The summed E-state index contributed by atoms with van der Waals surface area (Å²) in [6, 6.07) is 10.2. The van der Waals surface area contributed by atoms with Crippen LogP contribution in [-0.4, -0.2) is 5.11 Å². The molecule has 18 heavy (non-hydrogen) atoms. The maximum absolute atomic E-state index is 10.3. The van der Waals surface area contributed by atoms with Gasteiger partial charge in [0.25, 0.3) is 0 Å². The Hall–Kier alpha value is -1.33. The molecule has 0 aliphatic heterocycles. The predicted molar refractivity (Wildman–Crippen MR) is 74.0 cm³/mol. The smallest absolute Gasteiger partial charge is 0.0973 e. The van der Waals surface area contributed by atoms with E-state index in [1.54, 1.807) is 6.92 Å². The Morgan fingerprint density at radius 2 is 1.83 bits per heavy atom. The van der Waals surface area contributed by atoms with E-state index in [1.807, 2.05) is 31.2 Å². The molecule has 98 valence electrons. The summed E-state index contributed by atoms with van der Waals surface area (Å²) in [6.45, 7) is 8.11. The second kappa shape index (κ2) is 6.02. The Kier molecular flexibility index (Phi) is 4.93. The van der Waals surface area contributed by atoms with Crippen molar-refractivity contribution in [3.63, 3.8) is 0 Å². The van der Waals surface area contributed by atoms with Gasteiger partial charge in [0, 0.05) is 0 Å². The quantitative estimate of drug-likeness (QED) is 0.856. The minimum atomic E-state index is -0.722. The van der Waals surface area contributed by atoms with E-state index in [9.17, 15) is 10.4 Å². The third-order valence-electron chi connectivity index (χ3n) is 3.53. The van der Waals surface area contributed by atoms with Crippen molar-refractivity contribution in [2.45, 2.75) is 46.6 Å². The molecule has 2 heteroatoms. The van der Waals surface area contributed by atoms with Crippen molar-refractivity contribution >= 4 is 0 Å². The Labute approximate surface area is 110 Å². The van der Waals surface area contributed by atoms with E-state index in [-0.39, 0.29) is 0 Å². The number of aliphatic hydroxyl groups excluding tert-OH is 1. The van der Waals surface area contributed by atoms with Crippen LogP contribution in [0.1, 0.15) is 51.3 Å². The van der Waals surface area contributed by atoms with E-state index < -0.39 is 11.5 Å². The average Bonchev–Trinajstić information content (AvgIpc) is 2.37. The summed E-state index contributed by atoms with van der Waals surface area (Å²) in [4.78, 5) is 0. The fourth-order valence-electron chi connectivity index (χ4n) is 2.01. The van der Waals surface area contributed by atoms with Crippen molar-refractivity contribution in [1.29, 1.82) is 5.26 Å². The van der Waals surface area contributed by atoms with Gasteiger partial charge in [0.05, 0.1) is 17.6 Å². The predicted octanol–water partition coefficient (Wildman–Crippen LogP) is 3.86. The van der Waals surface area contributed by atoms with Crippen molar-refractivity contribution in [2.24, 2.45) is 11.3 Å². The highest BCUT2D eigenvalue weighted by atomic mass is 16.3. The van der Waals surface area contributed by atoms with E-state index in [0.717, 1.165) is 12.0 Å². The standard InChI is InChI=1S/C16H23NO/c1-5-16(4,11-17)15(18)14-8-6-13(7-9-14)10-12(2)3/h6-9,12,15,18H,5,10H2,1-4H3. The van der Waals surface area contributed by atoms with Gasteiger partial charge in [-0.15, -0.1) is 0 Å². The van der Waals surface area contributed by atoms with E-state index >= 15 is 0 Å². The summed E-state index contributed by atoms with van der Waals surface area (Å²) < 4.78 is 0. The van der Waals surface area contributed by atoms with Crippen LogP contribution in [-0.2, 0) is 6.42 Å². The monoisotopic (exact) mass is 245 g/mol. The van der Waals surface area contributed by atoms with E-state index in [1.165, 1.54) is 5.56 Å². The van der Waals surface area contributed by atoms with Gasteiger partial charge < -0.3 is 5.11 Å². The highest BCUT2D eigenvalue weighted by Crippen LogP contribution is 2.36. The molecule has 0 aliphatic rings. The van der Waals surface area contributed by atoms with Crippen molar-refractivity contribution < 1.29 is 5.11 Å². The molecule has 2 unspecified atom stereocenters. The Balaban J connectivity index is 2.89. The van der Waals surface area contributed by atoms with Gasteiger partial charge in [-0.2, -0.15) is 5.26 Å². The molecule has 0 saturated heterocycles. The van der Waals surface area contributed by atoms with Gasteiger partial charge in [0.1, 0.15) is 0 Å². The first-order chi connectivity index (χ1) is 8.42. The third kappa shape index (κ3) is 3.34. The summed E-state index contributed by atoms with van der Waals surface area (Å²) >= 11 is 0. The molecular weight excluding hydrogens is 222 g/mol. The fourth-order valence-corrected chi connectivity index (χ4v) is 2.01. The molecule has 1 aromatic carbocycles. The van der Waals surface area contributed by atoms with E-state index in [4.69, 9.17) is 0 Å². The lowest BCUT2D eigenvalue weighted by Crippen LogP contribution is -2.22. The van der Waals surface area contributed by atoms with Crippen LogP contribution in [0, 0.1) is 22.7 Å². The van der Waals surface area contributed by atoms with Gasteiger partial charge in [-0.25, -0.2) is 0 Å². The number of aliphatic hydroxyl groups is 1. The van der Waals surface area contributed by atoms with Crippen molar-refractivity contribution in [2.75, 3.05) is 0 Å². The number of nitrogens with zero attached hydrogens (tertiary/aromatic N) is 1. The van der Waals surface area contributed by atoms with Crippen LogP contribution in [0.4, 0.5) is 0 Å². The summed E-state index contributed by atoms with van der Waals surface area (Å²) in [5.41, 5.74) is 1.39. The van der Waals surface area contributed by atoms with Gasteiger partial charge in [0.2, 0.25) is 0 Å². The lowest BCUT2D eigenvalue weighted by atomic mass is 9.79. The molecule has 2 atom stereocenters. The SMILES string of the molecule is CCC(C)(C#N)C(O)c1ccc(CC(C)C)cc1. The van der Waals surface area contributed by atoms with Crippen LogP contribution in [0.15, 0.2) is 24.3 Å². The number of benzene rings is 1. The minimum Gasteiger partial charge on any atom is -0.387 e. The highest BCUT2D eigenvalue weighted by molar-refractivity contribution is 5.27. The van der Waals surface area contributed by atoms with Gasteiger partial charge in [-0.1, -0.05) is 45.0 Å². The zero-order valence-corrected chi connectivity index (χ0v) is 11.8. The van der Waals surface area contributed by atoms with Crippen LogP contribution in [0.25, 0.3) is 0 Å². The summed E-state index contributed by atoms with van der Waals surface area (Å²) in [7, 11) is 0. The topological polar surface area (TPSA) is 44.0 Å². The number of hydrogen-bond acceptors (Lipinski definition) is 2. The number of rotatable bonds is 5. The molecule has 1 rings (SSSR count). The molecule has 0 aliphatic carbocycles. The summed E-state index contributed by atoms with van der Waals surface area (Å²) in [5, 5.41) is 19.5. The van der Waals surface area contributed by atoms with Crippen LogP contribution in [0.2, 0.25) is 0 Å². The van der Waals surface area contributed by atoms with Crippen molar-refractivity contribution in [3.8, 4) is 6.07 Å². The average molecular weight is 245 g/mol. The number of nitriles is 1.